The van der Waals surface area contributed by atoms with Crippen LogP contribution in [0.3, 0.4) is 0 Å². The van der Waals surface area contributed by atoms with Crippen molar-refractivity contribution in [3.8, 4) is 0 Å². The number of H-pyrrole nitrogens is 1. The van der Waals surface area contributed by atoms with Crippen molar-refractivity contribution in [2.24, 2.45) is 0 Å². The second-order valence-corrected chi connectivity index (χ2v) is 7.48. The van der Waals surface area contributed by atoms with Crippen LogP contribution in [0.15, 0.2) is 16.0 Å². The molecule has 0 radical (unpaired) electrons. The van der Waals surface area contributed by atoms with Crippen molar-refractivity contribution in [2.75, 3.05) is 18.8 Å². The SMILES string of the molecule is CCCCN(CC)C(=O)CSc1nc2cc(C)[nH]c2c(=O)n1CCCC. The molecule has 2 aromatic rings. The van der Waals surface area contributed by atoms with E-state index >= 15 is 0 Å². The molecular formula is C19H30N4O2S. The third kappa shape index (κ3) is 4.90. The molecule has 6 nitrogen and oxygen atoms in total. The fourth-order valence-electron chi connectivity index (χ4n) is 2.86. The van der Waals surface area contributed by atoms with Gasteiger partial charge in [-0.1, -0.05) is 38.5 Å². The van der Waals surface area contributed by atoms with Crippen molar-refractivity contribution in [1.29, 1.82) is 0 Å². The van der Waals surface area contributed by atoms with E-state index in [-0.39, 0.29) is 11.5 Å². The first-order valence-corrected chi connectivity index (χ1v) is 10.5. The minimum atomic E-state index is -0.0511. The van der Waals surface area contributed by atoms with Crippen LogP contribution >= 0.6 is 11.8 Å². The van der Waals surface area contributed by atoms with E-state index in [2.05, 4.69) is 23.8 Å². The van der Waals surface area contributed by atoms with Crippen molar-refractivity contribution in [3.05, 3.63) is 22.1 Å². The van der Waals surface area contributed by atoms with Crippen LogP contribution in [0.2, 0.25) is 0 Å². The Morgan fingerprint density at radius 1 is 1.27 bits per heavy atom. The molecule has 1 N–H and O–H groups in total. The first kappa shape index (κ1) is 20.6. The molecule has 0 spiro atoms. The monoisotopic (exact) mass is 378 g/mol. The number of carbonyl (C=O) groups is 1. The number of aryl methyl sites for hydroxylation is 1. The first-order valence-electron chi connectivity index (χ1n) is 9.52. The summed E-state index contributed by atoms with van der Waals surface area (Å²) in [4.78, 5) is 35.0. The van der Waals surface area contributed by atoms with Crippen molar-refractivity contribution < 1.29 is 4.79 Å². The maximum Gasteiger partial charge on any atom is 0.278 e. The van der Waals surface area contributed by atoms with Crippen LogP contribution in [0.1, 0.15) is 52.1 Å². The summed E-state index contributed by atoms with van der Waals surface area (Å²) < 4.78 is 1.71. The van der Waals surface area contributed by atoms with Gasteiger partial charge in [-0.05, 0) is 32.8 Å². The van der Waals surface area contributed by atoms with Gasteiger partial charge in [-0.2, -0.15) is 0 Å². The number of nitrogens with zero attached hydrogens (tertiary/aromatic N) is 3. The van der Waals surface area contributed by atoms with E-state index in [0.29, 0.717) is 35.0 Å². The van der Waals surface area contributed by atoms with Gasteiger partial charge in [0.25, 0.3) is 5.56 Å². The molecule has 0 aliphatic rings. The van der Waals surface area contributed by atoms with Gasteiger partial charge in [-0.25, -0.2) is 4.98 Å². The van der Waals surface area contributed by atoms with Crippen molar-refractivity contribution >= 4 is 28.7 Å². The summed E-state index contributed by atoms with van der Waals surface area (Å²) in [6.45, 7) is 10.3. The quantitative estimate of drug-likeness (QED) is 0.507. The molecule has 0 aliphatic carbocycles. The second kappa shape index (κ2) is 9.80. The largest absolute Gasteiger partial charge is 0.353 e. The highest BCUT2D eigenvalue weighted by atomic mass is 32.2. The smallest absolute Gasteiger partial charge is 0.278 e. The fourth-order valence-corrected chi connectivity index (χ4v) is 3.79. The van der Waals surface area contributed by atoms with E-state index in [0.717, 1.165) is 37.9 Å². The minimum Gasteiger partial charge on any atom is -0.353 e. The summed E-state index contributed by atoms with van der Waals surface area (Å²) in [6.07, 6.45) is 3.99. The Morgan fingerprint density at radius 3 is 2.65 bits per heavy atom. The highest BCUT2D eigenvalue weighted by molar-refractivity contribution is 7.99. The molecular weight excluding hydrogens is 348 g/mol. The molecule has 144 valence electrons. The molecule has 0 unspecified atom stereocenters. The summed E-state index contributed by atoms with van der Waals surface area (Å²) in [5.41, 5.74) is 2.09. The second-order valence-electron chi connectivity index (χ2n) is 6.53. The number of fused-ring (bicyclic) bond motifs is 1. The molecule has 7 heteroatoms. The Morgan fingerprint density at radius 2 is 2.00 bits per heavy atom. The summed E-state index contributed by atoms with van der Waals surface area (Å²) in [6, 6.07) is 1.88. The normalized spacial score (nSPS) is 11.2. The lowest BCUT2D eigenvalue weighted by Gasteiger charge is -2.20. The van der Waals surface area contributed by atoms with Crippen molar-refractivity contribution in [3.63, 3.8) is 0 Å². The van der Waals surface area contributed by atoms with Crippen LogP contribution in [-0.2, 0) is 11.3 Å². The Bertz CT molecular complexity index is 797. The van der Waals surface area contributed by atoms with Gasteiger partial charge in [0.15, 0.2) is 5.16 Å². The van der Waals surface area contributed by atoms with Crippen LogP contribution < -0.4 is 5.56 Å². The molecule has 0 saturated carbocycles. The molecule has 0 saturated heterocycles. The maximum atomic E-state index is 12.8. The summed E-state index contributed by atoms with van der Waals surface area (Å²) in [5, 5.41) is 0.634. The van der Waals surface area contributed by atoms with Crippen LogP contribution in [0.25, 0.3) is 11.0 Å². The number of thioether (sulfide) groups is 1. The number of rotatable bonds is 10. The van der Waals surface area contributed by atoms with Gasteiger partial charge in [0.05, 0.1) is 11.3 Å². The van der Waals surface area contributed by atoms with Gasteiger partial charge in [-0.3, -0.25) is 14.2 Å². The predicted octanol–water partition coefficient (Wildman–Crippen LogP) is 3.57. The minimum absolute atomic E-state index is 0.0511. The van der Waals surface area contributed by atoms with Gasteiger partial charge >= 0.3 is 0 Å². The average Bonchev–Trinajstić information content (AvgIpc) is 3.00. The number of hydrogen-bond acceptors (Lipinski definition) is 4. The van der Waals surface area contributed by atoms with Gasteiger partial charge in [0.2, 0.25) is 5.91 Å². The zero-order valence-electron chi connectivity index (χ0n) is 16.3. The maximum absolute atomic E-state index is 12.8. The van der Waals surface area contributed by atoms with Gasteiger partial charge < -0.3 is 9.88 Å². The highest BCUT2D eigenvalue weighted by Crippen LogP contribution is 2.19. The number of carbonyl (C=O) groups excluding carboxylic acids is 1. The van der Waals surface area contributed by atoms with Crippen molar-refractivity contribution in [1.82, 2.24) is 19.4 Å². The zero-order chi connectivity index (χ0) is 19.1. The first-order chi connectivity index (χ1) is 12.5. The molecule has 2 rings (SSSR count). The molecule has 0 bridgehead atoms. The van der Waals surface area contributed by atoms with E-state index in [4.69, 9.17) is 0 Å². The number of nitrogens with one attached hydrogen (secondary N) is 1. The number of amides is 1. The summed E-state index contributed by atoms with van der Waals surface area (Å²) in [7, 11) is 0. The number of aromatic nitrogens is 3. The highest BCUT2D eigenvalue weighted by Gasteiger charge is 2.16. The van der Waals surface area contributed by atoms with E-state index in [9.17, 15) is 9.59 Å². The predicted molar refractivity (Wildman–Crippen MR) is 108 cm³/mol. The van der Waals surface area contributed by atoms with E-state index < -0.39 is 0 Å². The van der Waals surface area contributed by atoms with E-state index in [1.165, 1.54) is 11.8 Å². The lowest BCUT2D eigenvalue weighted by atomic mass is 10.3. The van der Waals surface area contributed by atoms with Crippen LogP contribution in [0, 0.1) is 6.92 Å². The molecule has 0 aromatic carbocycles. The summed E-state index contributed by atoms with van der Waals surface area (Å²) in [5.74, 6) is 0.415. The van der Waals surface area contributed by atoms with E-state index in [1.54, 1.807) is 4.57 Å². The molecule has 0 aliphatic heterocycles. The van der Waals surface area contributed by atoms with Crippen LogP contribution in [-0.4, -0.2) is 44.2 Å². The molecule has 2 heterocycles. The number of unbranched alkanes of at least 4 members (excludes halogenated alkanes) is 2. The fraction of sp³-hybridized carbons (Fsp3) is 0.632. The molecule has 26 heavy (non-hydrogen) atoms. The Balaban J connectivity index is 2.23. The Labute approximate surface area is 159 Å². The lowest BCUT2D eigenvalue weighted by molar-refractivity contribution is -0.128. The van der Waals surface area contributed by atoms with Crippen molar-refractivity contribution in [2.45, 2.75) is 65.1 Å². The average molecular weight is 379 g/mol. The van der Waals surface area contributed by atoms with Gasteiger partial charge in [0, 0.05) is 25.3 Å². The lowest BCUT2D eigenvalue weighted by Crippen LogP contribution is -2.33. The zero-order valence-corrected chi connectivity index (χ0v) is 17.1. The summed E-state index contributed by atoms with van der Waals surface area (Å²) >= 11 is 1.37. The molecule has 1 amide bonds. The van der Waals surface area contributed by atoms with Gasteiger partial charge in [0.1, 0.15) is 5.52 Å². The third-order valence-corrected chi connectivity index (χ3v) is 5.37. The Hall–Kier alpha value is -1.76. The standard InChI is InChI=1S/C19H30N4O2S/c1-5-8-10-22(7-3)16(24)13-26-19-21-15-12-14(4)20-17(15)18(25)23(19)11-9-6-2/h12,20H,5-11,13H2,1-4H3. The molecule has 0 fully saturated rings. The van der Waals surface area contributed by atoms with Gasteiger partial charge in [-0.15, -0.1) is 0 Å². The number of hydrogen-bond donors (Lipinski definition) is 1. The topological polar surface area (TPSA) is 71.0 Å². The number of aromatic amines is 1. The van der Waals surface area contributed by atoms with E-state index in [1.807, 2.05) is 24.8 Å². The van der Waals surface area contributed by atoms with Crippen LogP contribution in [0.4, 0.5) is 0 Å². The third-order valence-electron chi connectivity index (χ3n) is 4.41. The van der Waals surface area contributed by atoms with Crippen LogP contribution in [0.5, 0.6) is 0 Å². The Kier molecular flexibility index (Phi) is 7.75. The molecule has 0 atom stereocenters. The molecule has 2 aromatic heterocycles.